The number of thiazole rings is 1. The lowest BCUT2D eigenvalue weighted by Gasteiger charge is -2.31. The van der Waals surface area contributed by atoms with E-state index in [0.717, 1.165) is 22.8 Å². The fourth-order valence-electron chi connectivity index (χ4n) is 2.29. The first-order chi connectivity index (χ1) is 9.93. The second kappa shape index (κ2) is 5.22. The predicted molar refractivity (Wildman–Crippen MR) is 74.8 cm³/mol. The highest BCUT2D eigenvalue weighted by molar-refractivity contribution is 7.09. The van der Waals surface area contributed by atoms with Crippen LogP contribution in [0.4, 0.5) is 18.9 Å². The number of ether oxygens (including phenoxy) is 1. The summed E-state index contributed by atoms with van der Waals surface area (Å²) in [7, 11) is 0. The van der Waals surface area contributed by atoms with E-state index in [4.69, 9.17) is 4.74 Å². The normalized spacial score (nSPS) is 14.8. The minimum atomic E-state index is -4.35. The first-order valence-electron chi connectivity index (χ1n) is 6.43. The van der Waals surface area contributed by atoms with Gasteiger partial charge in [-0.25, -0.2) is 4.98 Å². The zero-order valence-electron chi connectivity index (χ0n) is 11.3. The molecule has 0 N–H and O–H groups in total. The van der Waals surface area contributed by atoms with Gasteiger partial charge < -0.3 is 9.64 Å². The fraction of sp³-hybridized carbons (Fsp3) is 0.357. The lowest BCUT2D eigenvalue weighted by molar-refractivity contribution is -0.137. The van der Waals surface area contributed by atoms with Gasteiger partial charge in [-0.3, -0.25) is 0 Å². The molecule has 112 valence electrons. The third kappa shape index (κ3) is 2.97. The lowest BCUT2D eigenvalue weighted by Crippen LogP contribution is -2.32. The van der Waals surface area contributed by atoms with Crippen LogP contribution < -0.4 is 9.64 Å². The molecule has 21 heavy (non-hydrogen) atoms. The molecule has 0 fully saturated rings. The standard InChI is InChI=1S/C14H13F3N2OS/c1-9-18-11(8-21-9)7-19-4-5-20-13-3-2-10(6-12(13)19)14(15,16)17/h2-3,6,8H,4-5,7H2,1H3. The molecular weight excluding hydrogens is 301 g/mol. The molecule has 0 radical (unpaired) electrons. The maximum Gasteiger partial charge on any atom is 0.416 e. The summed E-state index contributed by atoms with van der Waals surface area (Å²) in [5.74, 6) is 0.487. The summed E-state index contributed by atoms with van der Waals surface area (Å²) >= 11 is 1.53. The Labute approximate surface area is 124 Å². The molecule has 0 spiro atoms. The third-order valence-electron chi connectivity index (χ3n) is 3.27. The van der Waals surface area contributed by atoms with E-state index in [9.17, 15) is 13.2 Å². The number of aryl methyl sites for hydroxylation is 1. The van der Waals surface area contributed by atoms with Crippen molar-refractivity contribution in [3.05, 3.63) is 39.8 Å². The van der Waals surface area contributed by atoms with Gasteiger partial charge in [-0.05, 0) is 25.1 Å². The Hall–Kier alpha value is -1.76. The second-order valence-corrected chi connectivity index (χ2v) is 5.87. The van der Waals surface area contributed by atoms with E-state index in [2.05, 4.69) is 4.98 Å². The molecule has 0 unspecified atom stereocenters. The summed E-state index contributed by atoms with van der Waals surface area (Å²) in [5, 5.41) is 2.88. The SMILES string of the molecule is Cc1nc(CN2CCOc3ccc(C(F)(F)F)cc32)cs1. The van der Waals surface area contributed by atoms with Crippen LogP contribution in [0.25, 0.3) is 0 Å². The van der Waals surface area contributed by atoms with Crippen molar-refractivity contribution in [1.82, 2.24) is 4.98 Å². The summed E-state index contributed by atoms with van der Waals surface area (Å²) in [6, 6.07) is 3.58. The van der Waals surface area contributed by atoms with Crippen molar-refractivity contribution in [2.75, 3.05) is 18.1 Å². The van der Waals surface area contributed by atoms with Crippen LogP contribution in [-0.4, -0.2) is 18.1 Å². The molecule has 0 amide bonds. The van der Waals surface area contributed by atoms with Crippen LogP contribution in [-0.2, 0) is 12.7 Å². The molecule has 1 aliphatic heterocycles. The number of alkyl halides is 3. The molecule has 0 bridgehead atoms. The van der Waals surface area contributed by atoms with Crippen molar-refractivity contribution in [3.8, 4) is 5.75 Å². The van der Waals surface area contributed by atoms with E-state index < -0.39 is 11.7 Å². The fourth-order valence-corrected chi connectivity index (χ4v) is 2.89. The molecule has 1 aliphatic rings. The average molecular weight is 314 g/mol. The Bertz CT molecular complexity index is 654. The molecule has 0 saturated heterocycles. The largest absolute Gasteiger partial charge is 0.490 e. The van der Waals surface area contributed by atoms with E-state index in [0.29, 0.717) is 31.1 Å². The lowest BCUT2D eigenvalue weighted by atomic mass is 10.1. The Morgan fingerprint density at radius 2 is 2.19 bits per heavy atom. The summed E-state index contributed by atoms with van der Waals surface area (Å²) < 4.78 is 44.0. The number of hydrogen-bond acceptors (Lipinski definition) is 4. The zero-order chi connectivity index (χ0) is 15.0. The van der Waals surface area contributed by atoms with Gasteiger partial charge in [0.1, 0.15) is 12.4 Å². The smallest absolute Gasteiger partial charge is 0.416 e. The minimum Gasteiger partial charge on any atom is -0.490 e. The van der Waals surface area contributed by atoms with Gasteiger partial charge in [0.2, 0.25) is 0 Å². The summed E-state index contributed by atoms with van der Waals surface area (Å²) in [5.41, 5.74) is 0.677. The van der Waals surface area contributed by atoms with Crippen LogP contribution in [0.3, 0.4) is 0 Å². The number of rotatable bonds is 2. The molecule has 3 rings (SSSR count). The van der Waals surface area contributed by atoms with Crippen molar-refractivity contribution in [3.63, 3.8) is 0 Å². The molecule has 1 aromatic carbocycles. The van der Waals surface area contributed by atoms with E-state index in [1.807, 2.05) is 17.2 Å². The molecule has 2 heterocycles. The molecule has 7 heteroatoms. The highest BCUT2D eigenvalue weighted by atomic mass is 32.1. The van der Waals surface area contributed by atoms with Crippen LogP contribution in [0.5, 0.6) is 5.75 Å². The summed E-state index contributed by atoms with van der Waals surface area (Å²) in [4.78, 5) is 6.24. The number of nitrogens with zero attached hydrogens (tertiary/aromatic N) is 2. The van der Waals surface area contributed by atoms with Gasteiger partial charge in [-0.2, -0.15) is 13.2 Å². The Balaban J connectivity index is 1.92. The maximum atomic E-state index is 12.8. The average Bonchev–Trinajstić information content (AvgIpc) is 2.83. The monoisotopic (exact) mass is 314 g/mol. The molecule has 0 saturated carbocycles. The van der Waals surface area contributed by atoms with Gasteiger partial charge in [0.15, 0.2) is 0 Å². The first-order valence-corrected chi connectivity index (χ1v) is 7.31. The highest BCUT2D eigenvalue weighted by Gasteiger charge is 2.32. The topological polar surface area (TPSA) is 25.4 Å². The van der Waals surface area contributed by atoms with Crippen LogP contribution in [0.1, 0.15) is 16.3 Å². The van der Waals surface area contributed by atoms with E-state index in [1.165, 1.54) is 17.4 Å². The van der Waals surface area contributed by atoms with Gasteiger partial charge in [0.05, 0.1) is 35.0 Å². The number of benzene rings is 1. The van der Waals surface area contributed by atoms with Gasteiger partial charge >= 0.3 is 6.18 Å². The van der Waals surface area contributed by atoms with Crippen molar-refractivity contribution in [2.45, 2.75) is 19.6 Å². The van der Waals surface area contributed by atoms with Crippen molar-refractivity contribution in [1.29, 1.82) is 0 Å². The predicted octanol–water partition coefficient (Wildman–Crippen LogP) is 3.87. The quantitative estimate of drug-likeness (QED) is 0.841. The Morgan fingerprint density at radius 1 is 1.38 bits per heavy atom. The number of anilines is 1. The first kappa shape index (κ1) is 14.2. The Kier molecular flexibility index (Phi) is 3.52. The molecule has 3 nitrogen and oxygen atoms in total. The van der Waals surface area contributed by atoms with Gasteiger partial charge in [-0.15, -0.1) is 11.3 Å². The van der Waals surface area contributed by atoms with E-state index in [1.54, 1.807) is 0 Å². The minimum absolute atomic E-state index is 0.460. The van der Waals surface area contributed by atoms with Crippen molar-refractivity contribution < 1.29 is 17.9 Å². The summed E-state index contributed by atoms with van der Waals surface area (Å²) in [6.07, 6.45) is -4.35. The van der Waals surface area contributed by atoms with Gasteiger partial charge in [-0.1, -0.05) is 0 Å². The third-order valence-corrected chi connectivity index (χ3v) is 4.09. The summed E-state index contributed by atoms with van der Waals surface area (Å²) in [6.45, 7) is 3.40. The molecule has 1 aromatic heterocycles. The second-order valence-electron chi connectivity index (χ2n) is 4.81. The molecule has 0 aliphatic carbocycles. The van der Waals surface area contributed by atoms with Crippen LogP contribution in [0.2, 0.25) is 0 Å². The van der Waals surface area contributed by atoms with Gasteiger partial charge in [0, 0.05) is 5.38 Å². The van der Waals surface area contributed by atoms with Crippen LogP contribution in [0, 0.1) is 6.92 Å². The van der Waals surface area contributed by atoms with Crippen molar-refractivity contribution >= 4 is 17.0 Å². The molecular formula is C14H13F3N2OS. The van der Waals surface area contributed by atoms with E-state index >= 15 is 0 Å². The Morgan fingerprint density at radius 3 is 2.86 bits per heavy atom. The van der Waals surface area contributed by atoms with Gasteiger partial charge in [0.25, 0.3) is 0 Å². The highest BCUT2D eigenvalue weighted by Crippen LogP contribution is 2.38. The molecule has 0 atom stereocenters. The van der Waals surface area contributed by atoms with Crippen LogP contribution in [0.15, 0.2) is 23.6 Å². The van der Waals surface area contributed by atoms with Crippen LogP contribution >= 0.6 is 11.3 Å². The number of halogens is 3. The molecule has 2 aromatic rings. The maximum absolute atomic E-state index is 12.8. The van der Waals surface area contributed by atoms with E-state index in [-0.39, 0.29) is 0 Å². The zero-order valence-corrected chi connectivity index (χ0v) is 12.1. The number of hydrogen-bond donors (Lipinski definition) is 0. The number of fused-ring (bicyclic) bond motifs is 1. The van der Waals surface area contributed by atoms with Crippen molar-refractivity contribution in [2.24, 2.45) is 0 Å². The number of aromatic nitrogens is 1.